The zero-order valence-corrected chi connectivity index (χ0v) is 6.34. The number of hydrogen-bond acceptors (Lipinski definition) is 2. The molecule has 0 rings (SSSR count). The molecule has 1 amide bonds. The predicted octanol–water partition coefficient (Wildman–Crippen LogP) is 0.270. The van der Waals surface area contributed by atoms with Crippen LogP contribution < -0.4 is 5.73 Å². The zero-order valence-electron chi connectivity index (χ0n) is 6.34. The molecule has 0 bridgehead atoms. The standard InChI is InChI=1S/C7H15NO2/c1-2-6(5-9)3-4-7(8)10/h6,9H,2-5H2,1H3,(H2,8,10). The molecule has 1 unspecified atom stereocenters. The summed E-state index contributed by atoms with van der Waals surface area (Å²) in [5.41, 5.74) is 4.93. The molecule has 0 aliphatic rings. The van der Waals surface area contributed by atoms with Gasteiger partial charge < -0.3 is 10.8 Å². The van der Waals surface area contributed by atoms with Crippen molar-refractivity contribution in [2.24, 2.45) is 11.7 Å². The lowest BCUT2D eigenvalue weighted by molar-refractivity contribution is -0.118. The van der Waals surface area contributed by atoms with E-state index in [0.29, 0.717) is 12.8 Å². The van der Waals surface area contributed by atoms with E-state index in [4.69, 9.17) is 10.8 Å². The lowest BCUT2D eigenvalue weighted by Crippen LogP contribution is -2.14. The van der Waals surface area contributed by atoms with Crippen LogP contribution in [-0.2, 0) is 4.79 Å². The summed E-state index contributed by atoms with van der Waals surface area (Å²) in [5.74, 6) is -0.0422. The molecule has 0 saturated carbocycles. The van der Waals surface area contributed by atoms with Crippen molar-refractivity contribution in [3.8, 4) is 0 Å². The number of aliphatic hydroxyl groups excluding tert-OH is 1. The molecule has 3 heteroatoms. The van der Waals surface area contributed by atoms with E-state index in [1.807, 2.05) is 6.92 Å². The number of amides is 1. The topological polar surface area (TPSA) is 63.3 Å². The molecule has 0 aromatic carbocycles. The van der Waals surface area contributed by atoms with Gasteiger partial charge in [0.05, 0.1) is 0 Å². The van der Waals surface area contributed by atoms with Crippen LogP contribution in [-0.4, -0.2) is 17.6 Å². The molecule has 1 atom stereocenters. The van der Waals surface area contributed by atoms with Crippen LogP contribution in [0.1, 0.15) is 26.2 Å². The number of rotatable bonds is 5. The number of hydrogen-bond donors (Lipinski definition) is 2. The first-order valence-electron chi connectivity index (χ1n) is 3.59. The molecular formula is C7H15NO2. The normalized spacial score (nSPS) is 13.0. The summed E-state index contributed by atoms with van der Waals surface area (Å²) in [5, 5.41) is 8.69. The number of carbonyl (C=O) groups is 1. The third-order valence-corrected chi connectivity index (χ3v) is 1.63. The second kappa shape index (κ2) is 5.23. The third kappa shape index (κ3) is 4.32. The van der Waals surface area contributed by atoms with Gasteiger partial charge in [0, 0.05) is 13.0 Å². The lowest BCUT2D eigenvalue weighted by Gasteiger charge is -2.08. The lowest BCUT2D eigenvalue weighted by atomic mass is 10.0. The molecule has 0 heterocycles. The number of primary amides is 1. The highest BCUT2D eigenvalue weighted by atomic mass is 16.3. The van der Waals surface area contributed by atoms with Crippen molar-refractivity contribution in [1.29, 1.82) is 0 Å². The van der Waals surface area contributed by atoms with Crippen molar-refractivity contribution in [1.82, 2.24) is 0 Å². The second-order valence-electron chi connectivity index (χ2n) is 2.46. The first-order valence-corrected chi connectivity index (χ1v) is 3.59. The molecule has 3 nitrogen and oxygen atoms in total. The van der Waals surface area contributed by atoms with Gasteiger partial charge >= 0.3 is 0 Å². The Morgan fingerprint density at radius 1 is 1.70 bits per heavy atom. The highest BCUT2D eigenvalue weighted by Crippen LogP contribution is 2.08. The highest BCUT2D eigenvalue weighted by molar-refractivity contribution is 5.73. The van der Waals surface area contributed by atoms with Gasteiger partial charge in [0.25, 0.3) is 0 Å². The molecule has 0 aliphatic carbocycles. The zero-order chi connectivity index (χ0) is 7.98. The Bertz CT molecular complexity index is 99.8. The molecule has 0 aliphatic heterocycles. The fourth-order valence-electron chi connectivity index (χ4n) is 0.771. The molecular weight excluding hydrogens is 130 g/mol. The van der Waals surface area contributed by atoms with Gasteiger partial charge in [-0.3, -0.25) is 4.79 Å². The van der Waals surface area contributed by atoms with Gasteiger partial charge in [-0.2, -0.15) is 0 Å². The van der Waals surface area contributed by atoms with Gasteiger partial charge in [-0.15, -0.1) is 0 Å². The smallest absolute Gasteiger partial charge is 0.217 e. The Morgan fingerprint density at radius 3 is 2.60 bits per heavy atom. The van der Waals surface area contributed by atoms with E-state index in [0.717, 1.165) is 6.42 Å². The molecule has 3 N–H and O–H groups in total. The predicted molar refractivity (Wildman–Crippen MR) is 39.3 cm³/mol. The van der Waals surface area contributed by atoms with Crippen LogP contribution in [0, 0.1) is 5.92 Å². The van der Waals surface area contributed by atoms with E-state index >= 15 is 0 Å². The van der Waals surface area contributed by atoms with Gasteiger partial charge in [-0.1, -0.05) is 13.3 Å². The number of nitrogens with two attached hydrogens (primary N) is 1. The average Bonchev–Trinajstić information content (AvgIpc) is 1.90. The Morgan fingerprint density at radius 2 is 2.30 bits per heavy atom. The minimum absolute atomic E-state index is 0.157. The Labute approximate surface area is 61.2 Å². The molecule has 0 fully saturated rings. The van der Waals surface area contributed by atoms with Crippen molar-refractivity contribution in [3.05, 3.63) is 0 Å². The van der Waals surface area contributed by atoms with Crippen molar-refractivity contribution < 1.29 is 9.90 Å². The van der Waals surface area contributed by atoms with Gasteiger partial charge in [0.1, 0.15) is 0 Å². The van der Waals surface area contributed by atoms with Crippen LogP contribution in [0.15, 0.2) is 0 Å². The van der Waals surface area contributed by atoms with E-state index < -0.39 is 0 Å². The largest absolute Gasteiger partial charge is 0.396 e. The van der Waals surface area contributed by atoms with Crippen molar-refractivity contribution >= 4 is 5.91 Å². The third-order valence-electron chi connectivity index (χ3n) is 1.63. The molecule has 60 valence electrons. The molecule has 0 aromatic heterocycles. The fraction of sp³-hybridized carbons (Fsp3) is 0.857. The van der Waals surface area contributed by atoms with Gasteiger partial charge in [0.2, 0.25) is 5.91 Å². The summed E-state index contributed by atoms with van der Waals surface area (Å²) >= 11 is 0. The van der Waals surface area contributed by atoms with Crippen LogP contribution in [0.25, 0.3) is 0 Å². The molecule has 0 saturated heterocycles. The highest BCUT2D eigenvalue weighted by Gasteiger charge is 2.05. The van der Waals surface area contributed by atoms with E-state index in [1.165, 1.54) is 0 Å². The maximum atomic E-state index is 10.3. The van der Waals surface area contributed by atoms with Crippen molar-refractivity contribution in [3.63, 3.8) is 0 Å². The summed E-state index contributed by atoms with van der Waals surface area (Å²) < 4.78 is 0. The van der Waals surface area contributed by atoms with Gasteiger partial charge in [-0.05, 0) is 12.3 Å². The summed E-state index contributed by atoms with van der Waals surface area (Å²) in [4.78, 5) is 10.3. The summed E-state index contributed by atoms with van der Waals surface area (Å²) in [7, 11) is 0. The summed E-state index contributed by atoms with van der Waals surface area (Å²) in [6.45, 7) is 2.14. The van der Waals surface area contributed by atoms with Crippen LogP contribution in [0.4, 0.5) is 0 Å². The Kier molecular flexibility index (Phi) is 4.94. The van der Waals surface area contributed by atoms with Crippen LogP contribution in [0.3, 0.4) is 0 Å². The average molecular weight is 145 g/mol. The minimum atomic E-state index is -0.285. The van der Waals surface area contributed by atoms with Gasteiger partial charge in [0.15, 0.2) is 0 Å². The Hall–Kier alpha value is -0.570. The van der Waals surface area contributed by atoms with Crippen molar-refractivity contribution in [2.75, 3.05) is 6.61 Å². The molecule has 0 radical (unpaired) electrons. The van der Waals surface area contributed by atoms with Crippen LogP contribution in [0.5, 0.6) is 0 Å². The minimum Gasteiger partial charge on any atom is -0.396 e. The second-order valence-corrected chi connectivity index (χ2v) is 2.46. The first kappa shape index (κ1) is 9.43. The van der Waals surface area contributed by atoms with Gasteiger partial charge in [-0.25, -0.2) is 0 Å². The molecule has 0 aromatic rings. The van der Waals surface area contributed by atoms with Crippen LogP contribution in [0.2, 0.25) is 0 Å². The monoisotopic (exact) mass is 145 g/mol. The molecule has 0 spiro atoms. The quantitative estimate of drug-likeness (QED) is 0.583. The van der Waals surface area contributed by atoms with Crippen LogP contribution >= 0.6 is 0 Å². The summed E-state index contributed by atoms with van der Waals surface area (Å²) in [6.07, 6.45) is 2.01. The SMILES string of the molecule is CCC(CO)CCC(N)=O. The fourth-order valence-corrected chi connectivity index (χ4v) is 0.771. The first-order chi connectivity index (χ1) is 4.70. The number of aliphatic hydroxyl groups is 1. The maximum absolute atomic E-state index is 10.3. The number of carbonyl (C=O) groups excluding carboxylic acids is 1. The van der Waals surface area contributed by atoms with E-state index in [1.54, 1.807) is 0 Å². The summed E-state index contributed by atoms with van der Waals surface area (Å²) in [6, 6.07) is 0. The Balaban J connectivity index is 3.34. The van der Waals surface area contributed by atoms with E-state index in [-0.39, 0.29) is 18.4 Å². The van der Waals surface area contributed by atoms with Crippen molar-refractivity contribution in [2.45, 2.75) is 26.2 Å². The van der Waals surface area contributed by atoms with E-state index in [2.05, 4.69) is 0 Å². The van der Waals surface area contributed by atoms with E-state index in [9.17, 15) is 4.79 Å². The maximum Gasteiger partial charge on any atom is 0.217 e. The molecule has 10 heavy (non-hydrogen) atoms.